The maximum Gasteiger partial charge on any atom is 0.312 e. The number of hydrogen-bond donors (Lipinski definition) is 2. The van der Waals surface area contributed by atoms with Gasteiger partial charge < -0.3 is 10.2 Å². The van der Waals surface area contributed by atoms with E-state index in [4.69, 9.17) is 4.98 Å². The van der Waals surface area contributed by atoms with Crippen molar-refractivity contribution in [2.45, 2.75) is 46.1 Å². The number of benzene rings is 2. The first-order chi connectivity index (χ1) is 13.3. The number of fused-ring (bicyclic) bond motifs is 1. The molecule has 1 unspecified atom stereocenters. The van der Waals surface area contributed by atoms with Crippen molar-refractivity contribution in [2.24, 2.45) is 5.41 Å². The molecule has 2 N–H and O–H groups in total. The monoisotopic (exact) mass is 378 g/mol. The standard InChI is InChI=1S/C23H26N2O3/c1-5-18-19(6-2)25-20(14-24-18)23(28,22(3,4)21(26)27)17-13-9-11-15-10-7-8-12-16(15)17/h7-14,28H,5-6H2,1-4H3,(H,26,27). The Labute approximate surface area is 165 Å². The van der Waals surface area contributed by atoms with Gasteiger partial charge in [-0.2, -0.15) is 0 Å². The Balaban J connectivity index is 2.39. The van der Waals surface area contributed by atoms with E-state index in [0.717, 1.165) is 28.6 Å². The number of aliphatic hydroxyl groups is 1. The molecule has 0 aliphatic carbocycles. The lowest BCUT2D eigenvalue weighted by Gasteiger charge is -2.40. The van der Waals surface area contributed by atoms with Crippen molar-refractivity contribution in [3.63, 3.8) is 0 Å². The largest absolute Gasteiger partial charge is 0.481 e. The molecule has 0 saturated heterocycles. The molecule has 3 aromatic rings. The second-order valence-electron chi connectivity index (χ2n) is 7.52. The van der Waals surface area contributed by atoms with Crippen LogP contribution in [0, 0.1) is 5.41 Å². The van der Waals surface area contributed by atoms with Crippen molar-refractivity contribution < 1.29 is 15.0 Å². The van der Waals surface area contributed by atoms with Gasteiger partial charge in [-0.3, -0.25) is 14.8 Å². The lowest BCUT2D eigenvalue weighted by Crippen LogP contribution is -2.49. The summed E-state index contributed by atoms with van der Waals surface area (Å²) in [6.07, 6.45) is 2.90. The van der Waals surface area contributed by atoms with Gasteiger partial charge in [0, 0.05) is 0 Å². The van der Waals surface area contributed by atoms with Crippen molar-refractivity contribution in [1.29, 1.82) is 0 Å². The lowest BCUT2D eigenvalue weighted by atomic mass is 9.68. The van der Waals surface area contributed by atoms with Crippen molar-refractivity contribution in [3.05, 3.63) is 71.3 Å². The first-order valence-electron chi connectivity index (χ1n) is 9.56. The zero-order valence-corrected chi connectivity index (χ0v) is 16.7. The molecule has 0 fully saturated rings. The van der Waals surface area contributed by atoms with Gasteiger partial charge in [0.05, 0.1) is 23.3 Å². The minimum Gasteiger partial charge on any atom is -0.481 e. The molecular formula is C23H26N2O3. The van der Waals surface area contributed by atoms with Crippen LogP contribution in [0.25, 0.3) is 10.8 Å². The Morgan fingerprint density at radius 3 is 2.29 bits per heavy atom. The molecule has 1 atom stereocenters. The summed E-state index contributed by atoms with van der Waals surface area (Å²) in [5.41, 5.74) is -0.989. The van der Waals surface area contributed by atoms with Crippen molar-refractivity contribution >= 4 is 16.7 Å². The molecule has 0 radical (unpaired) electrons. The summed E-state index contributed by atoms with van der Waals surface area (Å²) in [5.74, 6) is -1.11. The topological polar surface area (TPSA) is 83.3 Å². The van der Waals surface area contributed by atoms with Crippen molar-refractivity contribution in [1.82, 2.24) is 9.97 Å². The molecule has 0 spiro atoms. The summed E-state index contributed by atoms with van der Waals surface area (Å²) in [6.45, 7) is 7.03. The number of rotatable bonds is 6. The number of aromatic nitrogens is 2. The van der Waals surface area contributed by atoms with Gasteiger partial charge in [-0.25, -0.2) is 0 Å². The molecule has 2 aromatic carbocycles. The lowest BCUT2D eigenvalue weighted by molar-refractivity contribution is -0.161. The smallest absolute Gasteiger partial charge is 0.312 e. The van der Waals surface area contributed by atoms with Gasteiger partial charge in [0.1, 0.15) is 11.0 Å². The van der Waals surface area contributed by atoms with E-state index in [2.05, 4.69) is 4.98 Å². The summed E-state index contributed by atoms with van der Waals surface area (Å²) in [6, 6.07) is 13.2. The third-order valence-corrected chi connectivity index (χ3v) is 5.59. The number of carboxylic acid groups (broad SMARTS) is 1. The number of nitrogens with zero attached hydrogens (tertiary/aromatic N) is 2. The third-order valence-electron chi connectivity index (χ3n) is 5.59. The number of hydrogen-bond acceptors (Lipinski definition) is 4. The molecular weight excluding hydrogens is 352 g/mol. The molecule has 146 valence electrons. The molecule has 5 nitrogen and oxygen atoms in total. The number of aryl methyl sites for hydroxylation is 2. The normalized spacial score (nSPS) is 14.0. The zero-order valence-electron chi connectivity index (χ0n) is 16.7. The van der Waals surface area contributed by atoms with E-state index in [1.165, 1.54) is 20.0 Å². The molecule has 0 aliphatic rings. The van der Waals surface area contributed by atoms with Gasteiger partial charge in [0.15, 0.2) is 0 Å². The Hall–Kier alpha value is -2.79. The highest BCUT2D eigenvalue weighted by molar-refractivity contribution is 5.88. The first kappa shape index (κ1) is 20.0. The fourth-order valence-electron chi connectivity index (χ4n) is 3.70. The number of carboxylic acids is 1. The van der Waals surface area contributed by atoms with Gasteiger partial charge in [0.2, 0.25) is 0 Å². The SMILES string of the molecule is CCc1ncc(C(O)(c2cccc3ccccc23)C(C)(C)C(=O)O)nc1CC. The van der Waals surface area contributed by atoms with Crippen LogP contribution >= 0.6 is 0 Å². The molecule has 1 aromatic heterocycles. The van der Waals surface area contributed by atoms with Crippen LogP contribution < -0.4 is 0 Å². The minimum absolute atomic E-state index is 0.255. The van der Waals surface area contributed by atoms with Gasteiger partial charge in [-0.15, -0.1) is 0 Å². The molecule has 0 saturated carbocycles. The van der Waals surface area contributed by atoms with Crippen LogP contribution in [0.4, 0.5) is 0 Å². The summed E-state index contributed by atoms with van der Waals surface area (Å²) in [7, 11) is 0. The molecule has 0 amide bonds. The molecule has 3 rings (SSSR count). The summed E-state index contributed by atoms with van der Waals surface area (Å²) in [4.78, 5) is 21.4. The average molecular weight is 378 g/mol. The van der Waals surface area contributed by atoms with Crippen molar-refractivity contribution in [3.8, 4) is 0 Å². The van der Waals surface area contributed by atoms with E-state index in [9.17, 15) is 15.0 Å². The van der Waals surface area contributed by atoms with E-state index in [-0.39, 0.29) is 5.69 Å². The van der Waals surface area contributed by atoms with E-state index >= 15 is 0 Å². The van der Waals surface area contributed by atoms with Gasteiger partial charge in [0.25, 0.3) is 0 Å². The van der Waals surface area contributed by atoms with Crippen molar-refractivity contribution in [2.75, 3.05) is 0 Å². The Morgan fingerprint density at radius 2 is 1.64 bits per heavy atom. The summed E-state index contributed by atoms with van der Waals surface area (Å²) >= 11 is 0. The van der Waals surface area contributed by atoms with E-state index < -0.39 is 17.0 Å². The van der Waals surface area contributed by atoms with Crippen LogP contribution in [0.1, 0.15) is 50.3 Å². The van der Waals surface area contributed by atoms with Crippen LogP contribution in [-0.2, 0) is 23.2 Å². The molecule has 0 aliphatic heterocycles. The second kappa shape index (κ2) is 7.32. The van der Waals surface area contributed by atoms with Crippen LogP contribution in [0.15, 0.2) is 48.7 Å². The van der Waals surface area contributed by atoms with Gasteiger partial charge in [-0.1, -0.05) is 56.3 Å². The Kier molecular flexibility index (Phi) is 5.22. The van der Waals surface area contributed by atoms with Crippen LogP contribution in [-0.4, -0.2) is 26.2 Å². The molecule has 1 heterocycles. The maximum absolute atomic E-state index is 12.2. The Morgan fingerprint density at radius 1 is 1.00 bits per heavy atom. The number of aliphatic carboxylic acids is 1. The minimum atomic E-state index is -1.86. The van der Waals surface area contributed by atoms with E-state index in [0.29, 0.717) is 12.0 Å². The van der Waals surface area contributed by atoms with Crippen LogP contribution in [0.5, 0.6) is 0 Å². The van der Waals surface area contributed by atoms with Gasteiger partial charge in [-0.05, 0) is 43.0 Å². The average Bonchev–Trinajstić information content (AvgIpc) is 2.71. The summed E-state index contributed by atoms with van der Waals surface area (Å²) < 4.78 is 0. The highest BCUT2D eigenvalue weighted by Crippen LogP contribution is 2.46. The van der Waals surface area contributed by atoms with E-state index in [1.807, 2.05) is 50.2 Å². The van der Waals surface area contributed by atoms with Crippen LogP contribution in [0.2, 0.25) is 0 Å². The van der Waals surface area contributed by atoms with E-state index in [1.54, 1.807) is 6.07 Å². The first-order valence-corrected chi connectivity index (χ1v) is 9.56. The Bertz CT molecular complexity index is 1020. The fourth-order valence-corrected chi connectivity index (χ4v) is 3.70. The zero-order chi connectivity index (χ0) is 20.5. The van der Waals surface area contributed by atoms with Crippen LogP contribution in [0.3, 0.4) is 0 Å². The highest BCUT2D eigenvalue weighted by atomic mass is 16.4. The maximum atomic E-state index is 12.2. The quantitative estimate of drug-likeness (QED) is 0.675. The number of carbonyl (C=O) groups is 1. The molecule has 28 heavy (non-hydrogen) atoms. The molecule has 5 heteroatoms. The predicted molar refractivity (Wildman–Crippen MR) is 109 cm³/mol. The summed E-state index contributed by atoms with van der Waals surface area (Å²) in [5, 5.41) is 23.8. The third kappa shape index (κ3) is 2.96. The highest BCUT2D eigenvalue weighted by Gasteiger charge is 2.53. The fraction of sp³-hybridized carbons (Fsp3) is 0.348. The predicted octanol–water partition coefficient (Wildman–Crippen LogP) is 4.10. The second-order valence-corrected chi connectivity index (χ2v) is 7.52. The molecule has 0 bridgehead atoms. The van der Waals surface area contributed by atoms with Gasteiger partial charge >= 0.3 is 5.97 Å².